The molecule has 0 spiro atoms. The number of halogens is 1. The molecule has 0 bridgehead atoms. The fourth-order valence-corrected chi connectivity index (χ4v) is 4.18. The summed E-state index contributed by atoms with van der Waals surface area (Å²) in [5.74, 6) is 1.09. The van der Waals surface area contributed by atoms with Crippen LogP contribution in [0.2, 0.25) is 0 Å². The number of rotatable bonds is 7. The number of anilines is 1. The first kappa shape index (κ1) is 18.9. The van der Waals surface area contributed by atoms with Crippen LogP contribution >= 0.6 is 11.8 Å². The SMILES string of the molecule is OCCN(CCO)c1nccc(-c2c(-c3ccc(F)cc3)nc3n2CCS3)n1. The van der Waals surface area contributed by atoms with Crippen LogP contribution in [-0.4, -0.2) is 61.8 Å². The zero-order chi connectivity index (χ0) is 19.5. The Bertz CT molecular complexity index is 957. The molecule has 0 saturated heterocycles. The van der Waals surface area contributed by atoms with E-state index < -0.39 is 0 Å². The van der Waals surface area contributed by atoms with Crippen molar-refractivity contribution in [3.8, 4) is 22.6 Å². The van der Waals surface area contributed by atoms with Crippen LogP contribution in [0, 0.1) is 5.82 Å². The highest BCUT2D eigenvalue weighted by Crippen LogP contribution is 2.38. The Morgan fingerprint density at radius 1 is 1.07 bits per heavy atom. The molecule has 1 aliphatic rings. The molecule has 3 heterocycles. The van der Waals surface area contributed by atoms with Crippen molar-refractivity contribution in [3.05, 3.63) is 42.3 Å². The lowest BCUT2D eigenvalue weighted by Gasteiger charge is -2.21. The van der Waals surface area contributed by atoms with Crippen molar-refractivity contribution in [1.82, 2.24) is 19.5 Å². The number of aromatic nitrogens is 4. The fourth-order valence-electron chi connectivity index (χ4n) is 3.23. The summed E-state index contributed by atoms with van der Waals surface area (Å²) in [6, 6.07) is 8.10. The summed E-state index contributed by atoms with van der Waals surface area (Å²) in [5, 5.41) is 19.5. The van der Waals surface area contributed by atoms with Gasteiger partial charge in [-0.1, -0.05) is 11.8 Å². The van der Waals surface area contributed by atoms with Crippen molar-refractivity contribution in [2.75, 3.05) is 37.0 Å². The van der Waals surface area contributed by atoms with Crippen molar-refractivity contribution >= 4 is 17.7 Å². The van der Waals surface area contributed by atoms with Crippen molar-refractivity contribution in [2.24, 2.45) is 0 Å². The van der Waals surface area contributed by atoms with Gasteiger partial charge in [-0.05, 0) is 30.3 Å². The van der Waals surface area contributed by atoms with Gasteiger partial charge >= 0.3 is 0 Å². The number of nitrogens with zero attached hydrogens (tertiary/aromatic N) is 5. The Morgan fingerprint density at radius 3 is 2.54 bits per heavy atom. The number of imidazole rings is 1. The summed E-state index contributed by atoms with van der Waals surface area (Å²) in [5.41, 5.74) is 3.14. The third-order valence-corrected chi connectivity index (χ3v) is 5.46. The maximum Gasteiger partial charge on any atom is 0.226 e. The van der Waals surface area contributed by atoms with Crippen molar-refractivity contribution in [1.29, 1.82) is 0 Å². The first-order valence-corrected chi connectivity index (χ1v) is 9.99. The predicted octanol–water partition coefficient (Wildman–Crippen LogP) is 2.04. The quantitative estimate of drug-likeness (QED) is 0.626. The maximum absolute atomic E-state index is 13.4. The number of aliphatic hydroxyl groups is 2. The van der Waals surface area contributed by atoms with Crippen molar-refractivity contribution in [3.63, 3.8) is 0 Å². The second-order valence-corrected chi connectivity index (χ2v) is 7.34. The third-order valence-electron chi connectivity index (χ3n) is 4.50. The molecule has 0 aliphatic carbocycles. The van der Waals surface area contributed by atoms with Gasteiger partial charge in [0.2, 0.25) is 5.95 Å². The predicted molar refractivity (Wildman–Crippen MR) is 106 cm³/mol. The first-order valence-electron chi connectivity index (χ1n) is 9.00. The zero-order valence-corrected chi connectivity index (χ0v) is 15.9. The van der Waals surface area contributed by atoms with Crippen LogP contribution in [0.4, 0.5) is 10.3 Å². The highest BCUT2D eigenvalue weighted by molar-refractivity contribution is 7.99. The molecule has 9 heteroatoms. The summed E-state index contributed by atoms with van der Waals surface area (Å²) in [7, 11) is 0. The molecule has 0 radical (unpaired) electrons. The second kappa shape index (κ2) is 8.26. The van der Waals surface area contributed by atoms with E-state index in [1.807, 2.05) is 6.07 Å². The van der Waals surface area contributed by atoms with E-state index in [0.29, 0.717) is 24.7 Å². The van der Waals surface area contributed by atoms with Gasteiger partial charge in [0.25, 0.3) is 0 Å². The number of benzene rings is 1. The van der Waals surface area contributed by atoms with E-state index in [-0.39, 0.29) is 19.0 Å². The molecule has 1 aliphatic heterocycles. The molecule has 0 saturated carbocycles. The Labute approximate surface area is 165 Å². The number of aliphatic hydroxyl groups excluding tert-OH is 2. The van der Waals surface area contributed by atoms with Crippen LogP contribution in [0.15, 0.2) is 41.7 Å². The minimum atomic E-state index is -0.292. The van der Waals surface area contributed by atoms with E-state index in [1.165, 1.54) is 12.1 Å². The lowest BCUT2D eigenvalue weighted by atomic mass is 10.1. The molecule has 4 rings (SSSR count). The van der Waals surface area contributed by atoms with Gasteiger partial charge in [-0.2, -0.15) is 0 Å². The van der Waals surface area contributed by atoms with Crippen LogP contribution in [0.5, 0.6) is 0 Å². The van der Waals surface area contributed by atoms with Crippen LogP contribution in [0.25, 0.3) is 22.6 Å². The van der Waals surface area contributed by atoms with E-state index >= 15 is 0 Å². The third kappa shape index (κ3) is 3.60. The first-order chi connectivity index (χ1) is 13.7. The van der Waals surface area contributed by atoms with E-state index in [2.05, 4.69) is 14.5 Å². The lowest BCUT2D eigenvalue weighted by Crippen LogP contribution is -2.31. The van der Waals surface area contributed by atoms with Gasteiger partial charge in [-0.3, -0.25) is 0 Å². The highest BCUT2D eigenvalue weighted by atomic mass is 32.2. The monoisotopic (exact) mass is 401 g/mol. The van der Waals surface area contributed by atoms with Gasteiger partial charge in [0.1, 0.15) is 5.82 Å². The van der Waals surface area contributed by atoms with E-state index in [1.54, 1.807) is 35.0 Å². The topological polar surface area (TPSA) is 87.3 Å². The Kier molecular flexibility index (Phi) is 5.56. The van der Waals surface area contributed by atoms with Crippen molar-refractivity contribution < 1.29 is 14.6 Å². The molecule has 0 unspecified atom stereocenters. The van der Waals surface area contributed by atoms with E-state index in [0.717, 1.165) is 34.4 Å². The number of hydrogen-bond acceptors (Lipinski definition) is 7. The smallest absolute Gasteiger partial charge is 0.226 e. The zero-order valence-electron chi connectivity index (χ0n) is 15.1. The highest BCUT2D eigenvalue weighted by Gasteiger charge is 2.25. The summed E-state index contributed by atoms with van der Waals surface area (Å²) in [4.78, 5) is 15.5. The van der Waals surface area contributed by atoms with Crippen LogP contribution < -0.4 is 4.90 Å². The summed E-state index contributed by atoms with van der Waals surface area (Å²) in [6.07, 6.45) is 1.66. The number of hydrogen-bond donors (Lipinski definition) is 2. The van der Waals surface area contributed by atoms with Crippen molar-refractivity contribution in [2.45, 2.75) is 11.7 Å². The minimum absolute atomic E-state index is 0.0624. The van der Waals surface area contributed by atoms with Crippen LogP contribution in [0.1, 0.15) is 0 Å². The molecule has 28 heavy (non-hydrogen) atoms. The van der Waals surface area contributed by atoms with Crippen LogP contribution in [-0.2, 0) is 6.54 Å². The molecule has 0 fully saturated rings. The molecule has 3 aromatic rings. The average molecular weight is 401 g/mol. The Hall–Kier alpha value is -2.49. The van der Waals surface area contributed by atoms with E-state index in [4.69, 9.17) is 4.98 Å². The standard InChI is InChI=1S/C19H20FN5O2S/c20-14-3-1-13(2-4-14)16-17(25-9-12-28-19(25)23-16)15-5-6-21-18(22-15)24(7-10-26)8-11-27/h1-6,26-27H,7-12H2. The molecule has 0 atom stereocenters. The normalized spacial score (nSPS) is 13.0. The van der Waals surface area contributed by atoms with Gasteiger partial charge < -0.3 is 19.7 Å². The molecule has 146 valence electrons. The number of thioether (sulfide) groups is 1. The fraction of sp³-hybridized carbons (Fsp3) is 0.316. The van der Waals surface area contributed by atoms with Gasteiger partial charge in [-0.15, -0.1) is 0 Å². The largest absolute Gasteiger partial charge is 0.395 e. The second-order valence-electron chi connectivity index (χ2n) is 6.27. The number of fused-ring (bicyclic) bond motifs is 1. The summed E-state index contributed by atoms with van der Waals surface area (Å²) in [6.45, 7) is 1.35. The van der Waals surface area contributed by atoms with Gasteiger partial charge in [0, 0.05) is 37.1 Å². The molecule has 2 aromatic heterocycles. The summed E-state index contributed by atoms with van der Waals surface area (Å²) < 4.78 is 15.5. The molecular formula is C19H20FN5O2S. The maximum atomic E-state index is 13.4. The molecule has 7 nitrogen and oxygen atoms in total. The summed E-state index contributed by atoms with van der Waals surface area (Å²) >= 11 is 1.68. The molecule has 1 aromatic carbocycles. The van der Waals surface area contributed by atoms with Gasteiger partial charge in [0.05, 0.1) is 30.3 Å². The van der Waals surface area contributed by atoms with Gasteiger partial charge in [0.15, 0.2) is 5.16 Å². The van der Waals surface area contributed by atoms with Gasteiger partial charge in [-0.25, -0.2) is 19.3 Å². The minimum Gasteiger partial charge on any atom is -0.395 e. The van der Waals surface area contributed by atoms with E-state index in [9.17, 15) is 14.6 Å². The lowest BCUT2D eigenvalue weighted by molar-refractivity contribution is 0.280. The van der Waals surface area contributed by atoms with Crippen LogP contribution in [0.3, 0.4) is 0 Å². The average Bonchev–Trinajstić information content (AvgIpc) is 3.30. The Morgan fingerprint density at radius 2 is 1.82 bits per heavy atom. The Balaban J connectivity index is 1.81. The molecule has 0 amide bonds. The molecule has 2 N–H and O–H groups in total. The molecular weight excluding hydrogens is 381 g/mol.